The summed E-state index contributed by atoms with van der Waals surface area (Å²) in [5.74, 6) is 0.660. The Labute approximate surface area is 65.5 Å². The highest BCUT2D eigenvalue weighted by molar-refractivity contribution is 7.49. The number of aliphatic hydroxyl groups is 1. The fraction of sp³-hybridized carbons (Fsp3) is 0.600. The molecule has 5 nitrogen and oxygen atoms in total. The molecule has 64 valence electrons. The second-order valence-corrected chi connectivity index (χ2v) is 3.47. The molecule has 0 spiro atoms. The molecule has 0 saturated carbocycles. The zero-order valence-corrected chi connectivity index (χ0v) is 6.83. The number of amides is 1. The van der Waals surface area contributed by atoms with Crippen molar-refractivity contribution in [2.45, 2.75) is 12.5 Å². The summed E-state index contributed by atoms with van der Waals surface area (Å²) in [5, 5.41) is 8.31. The second-order valence-electron chi connectivity index (χ2n) is 1.99. The molecule has 0 bridgehead atoms. The Morgan fingerprint density at radius 1 is 1.82 bits per heavy atom. The molecular weight excluding hydrogens is 167 g/mol. The van der Waals surface area contributed by atoms with Gasteiger partial charge >= 0.3 is 0 Å². The summed E-state index contributed by atoms with van der Waals surface area (Å²) in [5.41, 5.74) is 10.0. The molecule has 0 aliphatic carbocycles. The van der Waals surface area contributed by atoms with E-state index in [0.29, 0.717) is 0 Å². The lowest BCUT2D eigenvalue weighted by molar-refractivity contribution is -0.155. The van der Waals surface area contributed by atoms with Crippen molar-refractivity contribution in [2.24, 2.45) is 11.5 Å². The fourth-order valence-electron chi connectivity index (χ4n) is 0.405. The summed E-state index contributed by atoms with van der Waals surface area (Å²) < 4.78 is 0. The van der Waals surface area contributed by atoms with Gasteiger partial charge in [0.2, 0.25) is 5.91 Å². The van der Waals surface area contributed by atoms with Gasteiger partial charge in [0.25, 0.3) is 0 Å². The predicted molar refractivity (Wildman–Crippen MR) is 41.9 cm³/mol. The normalized spacial score (nSPS) is 14.6. The van der Waals surface area contributed by atoms with Gasteiger partial charge < -0.3 is 21.5 Å². The maximum Gasteiger partial charge on any atom is 0.234 e. The van der Waals surface area contributed by atoms with Crippen LogP contribution in [0.3, 0.4) is 0 Å². The highest BCUT2D eigenvalue weighted by Gasteiger charge is 2.08. The predicted octanol–water partition coefficient (Wildman–Crippen LogP) is -2.30. The van der Waals surface area contributed by atoms with Crippen LogP contribution in [0.2, 0.25) is 0 Å². The SMILES string of the molecule is NC(=O)C(N)CC=[P+]([O-])CO. The van der Waals surface area contributed by atoms with E-state index in [-0.39, 0.29) is 6.42 Å². The van der Waals surface area contributed by atoms with Crippen LogP contribution >= 0.6 is 7.77 Å². The minimum absolute atomic E-state index is 0.144. The van der Waals surface area contributed by atoms with Crippen molar-refractivity contribution >= 4 is 19.5 Å². The smallest absolute Gasteiger partial charge is 0.234 e. The zero-order valence-electron chi connectivity index (χ0n) is 5.93. The number of rotatable bonds is 4. The number of nitrogens with two attached hydrogens (primary N) is 2. The molecule has 0 fully saturated rings. The number of primary amides is 1. The van der Waals surface area contributed by atoms with Gasteiger partial charge in [-0.3, -0.25) is 4.79 Å². The van der Waals surface area contributed by atoms with Gasteiger partial charge in [-0.15, -0.1) is 0 Å². The molecule has 0 aromatic heterocycles. The van der Waals surface area contributed by atoms with Gasteiger partial charge in [0, 0.05) is 6.42 Å². The standard InChI is InChI=1S/C5H11N2O3P/c6-4(5(7)9)1-2-11(10)3-8/h2,4,8H,1,3,6H2,(H2,7,9). The number of hydrogen-bond acceptors (Lipinski definition) is 4. The van der Waals surface area contributed by atoms with E-state index < -0.39 is 26.1 Å². The minimum Gasteiger partial charge on any atom is -0.629 e. The lowest BCUT2D eigenvalue weighted by Gasteiger charge is -2.00. The van der Waals surface area contributed by atoms with Gasteiger partial charge in [-0.1, -0.05) is 0 Å². The van der Waals surface area contributed by atoms with E-state index in [1.165, 1.54) is 5.80 Å². The van der Waals surface area contributed by atoms with E-state index in [0.717, 1.165) is 0 Å². The van der Waals surface area contributed by atoms with Crippen LogP contribution < -0.4 is 16.4 Å². The van der Waals surface area contributed by atoms with Crippen LogP contribution in [-0.2, 0) is 4.79 Å². The monoisotopic (exact) mass is 178 g/mol. The maximum absolute atomic E-state index is 10.6. The van der Waals surface area contributed by atoms with E-state index >= 15 is 0 Å². The van der Waals surface area contributed by atoms with Crippen molar-refractivity contribution in [3.63, 3.8) is 0 Å². The van der Waals surface area contributed by atoms with Crippen molar-refractivity contribution < 1.29 is 14.8 Å². The highest BCUT2D eigenvalue weighted by Crippen LogP contribution is 2.06. The van der Waals surface area contributed by atoms with E-state index in [1.807, 2.05) is 0 Å². The molecule has 0 heterocycles. The van der Waals surface area contributed by atoms with Crippen LogP contribution in [0, 0.1) is 0 Å². The Hall–Kier alpha value is -0.480. The van der Waals surface area contributed by atoms with Gasteiger partial charge in [-0.05, 0) is 0 Å². The first-order valence-electron chi connectivity index (χ1n) is 3.00. The van der Waals surface area contributed by atoms with Crippen molar-refractivity contribution in [1.82, 2.24) is 0 Å². The molecule has 6 heteroatoms. The van der Waals surface area contributed by atoms with E-state index in [2.05, 4.69) is 0 Å². The Morgan fingerprint density at radius 3 is 2.73 bits per heavy atom. The van der Waals surface area contributed by atoms with Crippen LogP contribution in [0.15, 0.2) is 0 Å². The number of carbonyl (C=O) groups excluding carboxylic acids is 1. The third-order valence-electron chi connectivity index (χ3n) is 1.07. The molecule has 2 atom stereocenters. The average Bonchev–Trinajstić information content (AvgIpc) is 1.99. The Balaban J connectivity index is 3.78. The molecule has 5 N–H and O–H groups in total. The first-order valence-corrected chi connectivity index (χ1v) is 4.52. The van der Waals surface area contributed by atoms with Crippen molar-refractivity contribution in [1.29, 1.82) is 0 Å². The summed E-state index contributed by atoms with van der Waals surface area (Å²) in [6.45, 7) is 0. The highest BCUT2D eigenvalue weighted by atomic mass is 31.1. The summed E-state index contributed by atoms with van der Waals surface area (Å²) in [7, 11) is -1.74. The van der Waals surface area contributed by atoms with Crippen LogP contribution in [0.1, 0.15) is 6.42 Å². The molecule has 0 radical (unpaired) electrons. The molecule has 0 aliphatic heterocycles. The van der Waals surface area contributed by atoms with Gasteiger partial charge in [-0.2, -0.15) is 0 Å². The third-order valence-corrected chi connectivity index (χ3v) is 1.96. The minimum atomic E-state index is -1.74. The molecule has 0 rings (SSSR count). The molecule has 0 aliphatic rings. The molecule has 0 saturated heterocycles. The van der Waals surface area contributed by atoms with Crippen LogP contribution in [0.5, 0.6) is 0 Å². The van der Waals surface area contributed by atoms with Crippen molar-refractivity contribution in [3.8, 4) is 0 Å². The fourth-order valence-corrected chi connectivity index (χ4v) is 0.983. The zero-order chi connectivity index (χ0) is 8.85. The van der Waals surface area contributed by atoms with Crippen molar-refractivity contribution in [2.75, 3.05) is 6.35 Å². The van der Waals surface area contributed by atoms with Gasteiger partial charge in [0.05, 0.1) is 19.6 Å². The lowest BCUT2D eigenvalue weighted by Crippen LogP contribution is -2.36. The van der Waals surface area contributed by atoms with Crippen LogP contribution in [0.25, 0.3) is 0 Å². The molecular formula is C5H11N2O3P. The van der Waals surface area contributed by atoms with Crippen LogP contribution in [-0.4, -0.2) is 29.2 Å². The van der Waals surface area contributed by atoms with Gasteiger partial charge in [0.15, 0.2) is 6.35 Å². The average molecular weight is 178 g/mol. The van der Waals surface area contributed by atoms with E-state index in [9.17, 15) is 9.69 Å². The number of hydrogen-bond donors (Lipinski definition) is 3. The van der Waals surface area contributed by atoms with Crippen molar-refractivity contribution in [3.05, 3.63) is 0 Å². The van der Waals surface area contributed by atoms with Gasteiger partial charge in [0.1, 0.15) is 0 Å². The summed E-state index contributed by atoms with van der Waals surface area (Å²) >= 11 is 0. The number of carbonyl (C=O) groups is 1. The van der Waals surface area contributed by atoms with Gasteiger partial charge in [-0.25, -0.2) is 0 Å². The molecule has 0 aromatic rings. The lowest BCUT2D eigenvalue weighted by atomic mass is 10.2. The molecule has 2 unspecified atom stereocenters. The number of aliphatic hydroxyl groups excluding tert-OH is 1. The van der Waals surface area contributed by atoms with E-state index in [1.54, 1.807) is 0 Å². The third kappa shape index (κ3) is 4.86. The first kappa shape index (κ1) is 10.5. The summed E-state index contributed by atoms with van der Waals surface area (Å²) in [4.78, 5) is 20.9. The maximum atomic E-state index is 10.6. The Morgan fingerprint density at radius 2 is 2.36 bits per heavy atom. The summed E-state index contributed by atoms with van der Waals surface area (Å²) in [6.07, 6.45) is -0.272. The van der Waals surface area contributed by atoms with Crippen LogP contribution in [0.4, 0.5) is 0 Å². The molecule has 0 aromatic carbocycles. The molecule has 1 amide bonds. The topological polar surface area (TPSA) is 112 Å². The summed E-state index contributed by atoms with van der Waals surface area (Å²) in [6, 6.07) is -0.805. The Bertz CT molecular complexity index is 171. The van der Waals surface area contributed by atoms with E-state index in [4.69, 9.17) is 16.6 Å². The first-order chi connectivity index (χ1) is 5.07. The molecule has 11 heavy (non-hydrogen) atoms. The second kappa shape index (κ2) is 5.21. The Kier molecular flexibility index (Phi) is 4.98. The largest absolute Gasteiger partial charge is 0.629 e. The quantitative estimate of drug-likeness (QED) is 0.420.